The van der Waals surface area contributed by atoms with Crippen molar-refractivity contribution in [1.29, 1.82) is 0 Å². The normalized spacial score (nSPS) is 31.2. The maximum Gasteiger partial charge on any atom is 0.416 e. The third kappa shape index (κ3) is 2.31. The fourth-order valence-electron chi connectivity index (χ4n) is 3.68. The quantitative estimate of drug-likeness (QED) is 0.638. The summed E-state index contributed by atoms with van der Waals surface area (Å²) in [5, 5.41) is 0. The van der Waals surface area contributed by atoms with E-state index in [1.165, 1.54) is 0 Å². The van der Waals surface area contributed by atoms with Gasteiger partial charge in [-0.05, 0) is 43.4 Å². The molecule has 2 nitrogen and oxygen atoms in total. The molecule has 0 aromatic rings. The van der Waals surface area contributed by atoms with Crippen LogP contribution in [0.1, 0.15) is 32.1 Å². The molecule has 0 spiro atoms. The molecule has 0 radical (unpaired) electrons. The lowest BCUT2D eigenvalue weighted by atomic mass is 9.81. The molecule has 0 heterocycles. The van der Waals surface area contributed by atoms with Crippen LogP contribution in [0.2, 0.25) is 0 Å². The Balaban J connectivity index is 2.37. The van der Waals surface area contributed by atoms with Crippen LogP contribution in [0.3, 0.4) is 0 Å². The fraction of sp³-hybridized carbons (Fsp3) is 1.00. The van der Waals surface area contributed by atoms with Crippen LogP contribution < -0.4 is 0 Å². The molecule has 2 saturated carbocycles. The van der Waals surface area contributed by atoms with Crippen LogP contribution >= 0.6 is 0 Å². The van der Waals surface area contributed by atoms with Crippen molar-refractivity contribution < 1.29 is 34.8 Å². The van der Waals surface area contributed by atoms with Crippen LogP contribution in [-0.2, 0) is 10.7 Å². The van der Waals surface area contributed by atoms with Crippen molar-refractivity contribution in [3.05, 3.63) is 0 Å². The van der Waals surface area contributed by atoms with Crippen molar-refractivity contribution in [3.63, 3.8) is 0 Å². The maximum atomic E-state index is 12.9. The summed E-state index contributed by atoms with van der Waals surface area (Å²) in [5.41, 5.74) is 0. The van der Waals surface area contributed by atoms with E-state index in [1.807, 2.05) is 0 Å². The van der Waals surface area contributed by atoms with E-state index in [2.05, 4.69) is 0 Å². The van der Waals surface area contributed by atoms with Crippen molar-refractivity contribution in [2.24, 2.45) is 17.8 Å². The maximum absolute atomic E-state index is 12.9. The number of halogens is 6. The molecule has 0 saturated heterocycles. The molecule has 0 N–H and O–H groups in total. The van der Waals surface area contributed by atoms with Crippen LogP contribution in [0.25, 0.3) is 0 Å². The average Bonchev–Trinajstić information content (AvgIpc) is 2.82. The Labute approximate surface area is 113 Å². The monoisotopic (exact) mass is 324 g/mol. The van der Waals surface area contributed by atoms with Crippen molar-refractivity contribution in [3.8, 4) is 0 Å². The summed E-state index contributed by atoms with van der Waals surface area (Å²) in [6.45, 7) is 0. The van der Waals surface area contributed by atoms with E-state index >= 15 is 0 Å². The van der Waals surface area contributed by atoms with Gasteiger partial charge in [0.2, 0.25) is 0 Å². The lowest BCUT2D eigenvalue weighted by Gasteiger charge is -2.36. The first-order valence-corrected chi connectivity index (χ1v) is 7.44. The zero-order chi connectivity index (χ0) is 15.3. The Morgan fingerprint density at radius 1 is 0.900 bits per heavy atom. The minimum absolute atomic E-state index is 0.147. The minimum atomic E-state index is -5.84. The second-order valence-corrected chi connectivity index (χ2v) is 7.03. The number of hydrogen-bond donors (Lipinski definition) is 1. The molecule has 20 heavy (non-hydrogen) atoms. The number of alkyl halides is 6. The van der Waals surface area contributed by atoms with Crippen molar-refractivity contribution in [2.75, 3.05) is 0 Å². The predicted molar refractivity (Wildman–Crippen MR) is 58.7 cm³/mol. The molecular formula is C11H14F6O2S. The summed E-state index contributed by atoms with van der Waals surface area (Å²) in [7, 11) is -4.70. The van der Waals surface area contributed by atoms with E-state index < -0.39 is 40.1 Å². The van der Waals surface area contributed by atoms with Gasteiger partial charge >= 0.3 is 12.4 Å². The number of rotatable bonds is 3. The van der Waals surface area contributed by atoms with Crippen LogP contribution in [-0.4, -0.2) is 25.5 Å². The van der Waals surface area contributed by atoms with Crippen molar-refractivity contribution in [1.82, 2.24) is 0 Å². The molecule has 3 unspecified atom stereocenters. The van der Waals surface area contributed by atoms with E-state index in [1.54, 1.807) is 0 Å². The van der Waals surface area contributed by atoms with Gasteiger partial charge in [-0.3, -0.25) is 0 Å². The lowest BCUT2D eigenvalue weighted by Crippen LogP contribution is -2.59. The third-order valence-corrected chi connectivity index (χ3v) is 6.00. The van der Waals surface area contributed by atoms with Crippen LogP contribution in [0.5, 0.6) is 0 Å². The highest BCUT2D eigenvalue weighted by atomic mass is 32.2. The molecule has 0 aromatic carbocycles. The Bertz CT molecular complexity index is 431. The molecule has 2 fully saturated rings. The zero-order valence-corrected chi connectivity index (χ0v) is 11.2. The van der Waals surface area contributed by atoms with Crippen LogP contribution in [0.15, 0.2) is 0 Å². The summed E-state index contributed by atoms with van der Waals surface area (Å²) < 4.78 is 94.7. The minimum Gasteiger partial charge on any atom is -0.231 e. The van der Waals surface area contributed by atoms with Gasteiger partial charge in [0.1, 0.15) is 0 Å². The zero-order valence-electron chi connectivity index (χ0n) is 10.3. The van der Waals surface area contributed by atoms with Gasteiger partial charge in [0, 0.05) is 0 Å². The molecule has 0 amide bonds. The number of fused-ring (bicyclic) bond motifs is 2. The first kappa shape index (κ1) is 15.9. The first-order chi connectivity index (χ1) is 8.99. The summed E-state index contributed by atoms with van der Waals surface area (Å²) >= 11 is 0. The van der Waals surface area contributed by atoms with E-state index in [-0.39, 0.29) is 18.3 Å². The molecule has 118 valence electrons. The average molecular weight is 324 g/mol. The standard InChI is InChI=1S/C11H14F6O2S/c12-10(13,14)9(20(18)19,11(15,16)17)5-8-4-6-1-2-7(8)3-6/h6-8,20H,1-5H2. The Morgan fingerprint density at radius 3 is 1.75 bits per heavy atom. The van der Waals surface area contributed by atoms with Gasteiger partial charge in [-0.25, -0.2) is 8.42 Å². The Morgan fingerprint density at radius 2 is 1.45 bits per heavy atom. The lowest BCUT2D eigenvalue weighted by molar-refractivity contribution is -0.271. The number of hydrogen-bond acceptors (Lipinski definition) is 2. The van der Waals surface area contributed by atoms with Crippen molar-refractivity contribution in [2.45, 2.75) is 49.2 Å². The molecule has 2 aliphatic rings. The summed E-state index contributed by atoms with van der Waals surface area (Å²) in [6.07, 6.45) is -10.8. The summed E-state index contributed by atoms with van der Waals surface area (Å²) in [4.78, 5) is 0. The van der Waals surface area contributed by atoms with Gasteiger partial charge in [0.05, 0.1) is 0 Å². The molecule has 3 atom stereocenters. The van der Waals surface area contributed by atoms with Gasteiger partial charge in [-0.2, -0.15) is 26.3 Å². The summed E-state index contributed by atoms with van der Waals surface area (Å²) in [6, 6.07) is 0. The van der Waals surface area contributed by atoms with E-state index in [0.29, 0.717) is 12.8 Å². The predicted octanol–water partition coefficient (Wildman–Crippen LogP) is 3.29. The van der Waals surface area contributed by atoms with Crippen LogP contribution in [0, 0.1) is 17.8 Å². The van der Waals surface area contributed by atoms with Gasteiger partial charge in [0.25, 0.3) is 4.75 Å². The summed E-state index contributed by atoms with van der Waals surface area (Å²) in [5.74, 6) is -0.877. The SMILES string of the molecule is O=[SH](=O)C(CC1CC2CCC1C2)(C(F)(F)F)C(F)(F)F. The van der Waals surface area contributed by atoms with Gasteiger partial charge < -0.3 is 0 Å². The molecule has 9 heteroatoms. The third-order valence-electron chi connectivity index (χ3n) is 4.69. The van der Waals surface area contributed by atoms with E-state index in [4.69, 9.17) is 0 Å². The largest absolute Gasteiger partial charge is 0.416 e. The molecule has 2 rings (SSSR count). The smallest absolute Gasteiger partial charge is 0.231 e. The molecular weight excluding hydrogens is 310 g/mol. The van der Waals surface area contributed by atoms with Gasteiger partial charge in [-0.1, -0.05) is 6.42 Å². The molecule has 2 bridgehead atoms. The fourth-order valence-corrected chi connectivity index (χ4v) is 4.48. The Hall–Kier alpha value is -0.470. The molecule has 0 aromatic heterocycles. The highest BCUT2D eigenvalue weighted by Gasteiger charge is 2.74. The second kappa shape index (κ2) is 4.78. The van der Waals surface area contributed by atoms with Gasteiger partial charge in [-0.15, -0.1) is 0 Å². The highest BCUT2D eigenvalue weighted by molar-refractivity contribution is 7.74. The Kier molecular flexibility index (Phi) is 3.80. The van der Waals surface area contributed by atoms with Gasteiger partial charge in [0.15, 0.2) is 10.7 Å². The topological polar surface area (TPSA) is 34.1 Å². The molecule has 2 aliphatic carbocycles. The second-order valence-electron chi connectivity index (χ2n) is 5.75. The molecule has 0 aliphatic heterocycles. The van der Waals surface area contributed by atoms with Crippen molar-refractivity contribution >= 4 is 10.7 Å². The van der Waals surface area contributed by atoms with E-state index in [9.17, 15) is 34.8 Å². The van der Waals surface area contributed by atoms with Crippen LogP contribution in [0.4, 0.5) is 26.3 Å². The number of thiol groups is 1. The highest BCUT2D eigenvalue weighted by Crippen LogP contribution is 2.56. The van der Waals surface area contributed by atoms with E-state index in [0.717, 1.165) is 6.42 Å². The first-order valence-electron chi connectivity index (χ1n) is 6.27.